The Kier molecular flexibility index (Phi) is 2.46. The van der Waals surface area contributed by atoms with E-state index in [1.54, 1.807) is 17.1 Å². The zero-order chi connectivity index (χ0) is 11.8. The average Bonchev–Trinajstić information content (AvgIpc) is 2.64. The SMILES string of the molecule is C[n+]1ccn(-c2ccc(C(F)(F)F)cc2)c1. The molecule has 0 unspecified atom stereocenters. The summed E-state index contributed by atoms with van der Waals surface area (Å²) in [6.07, 6.45) is 1.10. The summed E-state index contributed by atoms with van der Waals surface area (Å²) in [5.41, 5.74) is 0.0707. The van der Waals surface area contributed by atoms with E-state index in [0.717, 1.165) is 12.1 Å². The Morgan fingerprint density at radius 2 is 1.75 bits per heavy atom. The summed E-state index contributed by atoms with van der Waals surface area (Å²) in [5, 5.41) is 0. The van der Waals surface area contributed by atoms with Crippen LogP contribution in [-0.4, -0.2) is 4.57 Å². The lowest BCUT2D eigenvalue weighted by Gasteiger charge is -2.05. The van der Waals surface area contributed by atoms with Crippen LogP contribution >= 0.6 is 0 Å². The summed E-state index contributed by atoms with van der Waals surface area (Å²) < 4.78 is 40.5. The fourth-order valence-corrected chi connectivity index (χ4v) is 1.43. The van der Waals surface area contributed by atoms with Gasteiger partial charge in [0.2, 0.25) is 6.33 Å². The fraction of sp³-hybridized carbons (Fsp3) is 0.182. The van der Waals surface area contributed by atoms with E-state index in [9.17, 15) is 13.2 Å². The maximum Gasteiger partial charge on any atom is 0.416 e. The largest absolute Gasteiger partial charge is 0.416 e. The molecule has 0 aliphatic heterocycles. The first-order chi connectivity index (χ1) is 7.47. The summed E-state index contributed by atoms with van der Waals surface area (Å²) >= 11 is 0. The fourth-order valence-electron chi connectivity index (χ4n) is 1.43. The van der Waals surface area contributed by atoms with Crippen LogP contribution in [0.2, 0.25) is 0 Å². The number of alkyl halides is 3. The molecule has 1 aromatic carbocycles. The molecule has 2 aromatic rings. The van der Waals surface area contributed by atoms with E-state index in [0.29, 0.717) is 5.69 Å². The molecule has 0 aliphatic carbocycles. The van der Waals surface area contributed by atoms with E-state index in [2.05, 4.69) is 0 Å². The van der Waals surface area contributed by atoms with Gasteiger partial charge >= 0.3 is 6.18 Å². The molecule has 0 saturated heterocycles. The van der Waals surface area contributed by atoms with Crippen molar-refractivity contribution in [3.05, 3.63) is 48.5 Å². The van der Waals surface area contributed by atoms with E-state index in [1.807, 2.05) is 17.8 Å². The van der Waals surface area contributed by atoms with Gasteiger partial charge in [0.15, 0.2) is 0 Å². The molecule has 2 rings (SSSR count). The van der Waals surface area contributed by atoms with Gasteiger partial charge in [0.1, 0.15) is 18.1 Å². The number of hydrogen-bond donors (Lipinski definition) is 0. The van der Waals surface area contributed by atoms with Crippen molar-refractivity contribution in [2.45, 2.75) is 6.18 Å². The Hall–Kier alpha value is -1.78. The Balaban J connectivity index is 2.33. The highest BCUT2D eigenvalue weighted by atomic mass is 19.4. The minimum Gasteiger partial charge on any atom is -0.239 e. The molecule has 1 heterocycles. The van der Waals surface area contributed by atoms with Gasteiger partial charge in [0.25, 0.3) is 0 Å². The summed E-state index contributed by atoms with van der Waals surface area (Å²) in [6, 6.07) is 5.05. The topological polar surface area (TPSA) is 8.81 Å². The second kappa shape index (κ2) is 3.66. The van der Waals surface area contributed by atoms with Gasteiger partial charge in [-0.1, -0.05) is 0 Å². The number of imidazole rings is 1. The van der Waals surface area contributed by atoms with Gasteiger partial charge < -0.3 is 0 Å². The van der Waals surface area contributed by atoms with Crippen molar-refractivity contribution in [1.82, 2.24) is 4.57 Å². The summed E-state index contributed by atoms with van der Waals surface area (Å²) in [5.74, 6) is 0. The van der Waals surface area contributed by atoms with Crippen LogP contribution < -0.4 is 4.57 Å². The molecule has 0 N–H and O–H groups in total. The minimum absolute atomic E-state index is 0.632. The first-order valence-electron chi connectivity index (χ1n) is 4.68. The van der Waals surface area contributed by atoms with Crippen LogP contribution in [0.25, 0.3) is 5.69 Å². The highest BCUT2D eigenvalue weighted by Gasteiger charge is 2.30. The third kappa shape index (κ3) is 2.08. The summed E-state index contributed by atoms with van der Waals surface area (Å²) in [4.78, 5) is 0. The molecule has 84 valence electrons. The quantitative estimate of drug-likeness (QED) is 0.661. The van der Waals surface area contributed by atoms with E-state index < -0.39 is 11.7 Å². The molecule has 1 aromatic heterocycles. The molecular formula is C11H10F3N2+. The Labute approximate surface area is 90.6 Å². The standard InChI is InChI=1S/C11H10F3N2/c1-15-6-7-16(8-15)10-4-2-9(3-5-10)11(12,13)14/h2-8H,1H3/q+1. The van der Waals surface area contributed by atoms with E-state index >= 15 is 0 Å². The van der Waals surface area contributed by atoms with Gasteiger partial charge in [-0.3, -0.25) is 0 Å². The molecule has 0 saturated carbocycles. The highest BCUT2D eigenvalue weighted by Crippen LogP contribution is 2.29. The second-order valence-corrected chi connectivity index (χ2v) is 3.53. The number of rotatable bonds is 1. The molecule has 16 heavy (non-hydrogen) atoms. The number of nitrogens with zero attached hydrogens (tertiary/aromatic N) is 2. The molecule has 0 radical (unpaired) electrons. The van der Waals surface area contributed by atoms with E-state index in [-0.39, 0.29) is 0 Å². The summed E-state index contributed by atoms with van der Waals surface area (Å²) in [6.45, 7) is 0. The normalized spacial score (nSPS) is 11.8. The first-order valence-corrected chi connectivity index (χ1v) is 4.68. The number of hydrogen-bond acceptors (Lipinski definition) is 0. The summed E-state index contributed by atoms with van der Waals surface area (Å²) in [7, 11) is 1.85. The maximum absolute atomic E-state index is 12.3. The first kappa shape index (κ1) is 10.7. The van der Waals surface area contributed by atoms with Crippen LogP contribution in [0.3, 0.4) is 0 Å². The molecule has 0 bridgehead atoms. The smallest absolute Gasteiger partial charge is 0.239 e. The number of benzene rings is 1. The number of aryl methyl sites for hydroxylation is 1. The van der Waals surface area contributed by atoms with Crippen LogP contribution in [0.5, 0.6) is 0 Å². The van der Waals surface area contributed by atoms with Crippen LogP contribution in [0.4, 0.5) is 13.2 Å². The monoisotopic (exact) mass is 227 g/mol. The molecule has 0 amide bonds. The maximum atomic E-state index is 12.3. The minimum atomic E-state index is -4.28. The van der Waals surface area contributed by atoms with Crippen LogP contribution in [-0.2, 0) is 13.2 Å². The zero-order valence-corrected chi connectivity index (χ0v) is 8.57. The van der Waals surface area contributed by atoms with Gasteiger partial charge in [-0.15, -0.1) is 0 Å². The number of halogens is 3. The van der Waals surface area contributed by atoms with Gasteiger partial charge in [0, 0.05) is 0 Å². The molecular weight excluding hydrogens is 217 g/mol. The lowest BCUT2D eigenvalue weighted by atomic mass is 10.2. The molecule has 0 atom stereocenters. The van der Waals surface area contributed by atoms with Crippen molar-refractivity contribution >= 4 is 0 Å². The van der Waals surface area contributed by atoms with Crippen LogP contribution in [0, 0.1) is 0 Å². The predicted octanol–water partition coefficient (Wildman–Crippen LogP) is 2.32. The third-order valence-corrected chi connectivity index (χ3v) is 2.26. The lowest BCUT2D eigenvalue weighted by molar-refractivity contribution is -0.670. The molecule has 0 fully saturated rings. The van der Waals surface area contributed by atoms with Gasteiger partial charge in [-0.25, -0.2) is 9.13 Å². The lowest BCUT2D eigenvalue weighted by Crippen LogP contribution is -2.23. The van der Waals surface area contributed by atoms with Crippen molar-refractivity contribution in [3.8, 4) is 5.69 Å². The van der Waals surface area contributed by atoms with Crippen molar-refractivity contribution < 1.29 is 17.7 Å². The van der Waals surface area contributed by atoms with Crippen molar-refractivity contribution in [1.29, 1.82) is 0 Å². The van der Waals surface area contributed by atoms with Crippen molar-refractivity contribution in [2.75, 3.05) is 0 Å². The Morgan fingerprint density at radius 3 is 2.19 bits per heavy atom. The predicted molar refractivity (Wildman–Crippen MR) is 51.9 cm³/mol. The zero-order valence-electron chi connectivity index (χ0n) is 8.57. The molecule has 2 nitrogen and oxygen atoms in total. The molecule has 0 spiro atoms. The van der Waals surface area contributed by atoms with E-state index in [4.69, 9.17) is 0 Å². The van der Waals surface area contributed by atoms with Crippen molar-refractivity contribution in [2.24, 2.45) is 7.05 Å². The van der Waals surface area contributed by atoms with Crippen molar-refractivity contribution in [3.63, 3.8) is 0 Å². The number of aromatic nitrogens is 2. The molecule has 5 heteroatoms. The Bertz CT molecular complexity index is 483. The Morgan fingerprint density at radius 1 is 1.12 bits per heavy atom. The van der Waals surface area contributed by atoms with Gasteiger partial charge in [-0.2, -0.15) is 13.2 Å². The van der Waals surface area contributed by atoms with E-state index in [1.165, 1.54) is 12.1 Å². The van der Waals surface area contributed by atoms with Crippen LogP contribution in [0.15, 0.2) is 43.0 Å². The van der Waals surface area contributed by atoms with Gasteiger partial charge in [-0.05, 0) is 24.3 Å². The van der Waals surface area contributed by atoms with Gasteiger partial charge in [0.05, 0.1) is 12.6 Å². The van der Waals surface area contributed by atoms with Crippen LogP contribution in [0.1, 0.15) is 5.56 Å². The highest BCUT2D eigenvalue weighted by molar-refractivity contribution is 5.35. The molecule has 0 aliphatic rings. The average molecular weight is 227 g/mol. The second-order valence-electron chi connectivity index (χ2n) is 3.53. The third-order valence-electron chi connectivity index (χ3n) is 2.26.